The fourth-order valence-corrected chi connectivity index (χ4v) is 7.25. The Kier molecular flexibility index (Phi) is 7.43. The molecular weight excluding hydrogens is 516 g/mol. The number of hydrogen-bond donors (Lipinski definition) is 0. The monoisotopic (exact) mass is 546 g/mol. The van der Waals surface area contributed by atoms with Crippen molar-refractivity contribution < 1.29 is 13.2 Å². The molecule has 0 saturated carbocycles. The van der Waals surface area contributed by atoms with Crippen LogP contribution < -0.4 is 5.01 Å². The number of carbonyl (C=O) groups excluding carboxylic acids is 1. The molecule has 1 atom stereocenters. The smallest absolute Gasteiger partial charge is 0.267 e. The first-order valence-corrected chi connectivity index (χ1v) is 14.9. The highest BCUT2D eigenvalue weighted by molar-refractivity contribution is 7.89. The zero-order valence-electron chi connectivity index (χ0n) is 21.7. The average molecular weight is 547 g/mol. The van der Waals surface area contributed by atoms with Crippen LogP contribution in [0, 0.1) is 13.8 Å². The van der Waals surface area contributed by atoms with Gasteiger partial charge in [-0.15, -0.1) is 0 Å². The standard InChI is InChI=1S/C29H30N4O3S2/c1-20-7-10-23(11-8-20)19-30-33(29-31-26-16-9-21(2)18-27(26)37-29)28(34)24-12-14-25(15-13-24)38(35,36)32-17-5-4-6-22(32)3/h7-16,18-19,22H,4-6,17H2,1-3H3/b30-19+. The number of carbonyl (C=O) groups is 1. The van der Waals surface area contributed by atoms with E-state index in [0.29, 0.717) is 17.2 Å². The zero-order chi connectivity index (χ0) is 26.9. The summed E-state index contributed by atoms with van der Waals surface area (Å²) in [4.78, 5) is 18.5. The van der Waals surface area contributed by atoms with E-state index in [2.05, 4.69) is 10.1 Å². The molecule has 0 N–H and O–H groups in total. The number of benzene rings is 3. The SMILES string of the molecule is Cc1ccc(/C=N/N(C(=O)c2ccc(S(=O)(=O)N3CCCCC3C)cc2)c2nc3ccc(C)cc3s2)cc1. The first-order valence-electron chi connectivity index (χ1n) is 12.7. The van der Waals surface area contributed by atoms with Crippen LogP contribution in [0.1, 0.15) is 53.2 Å². The minimum Gasteiger partial charge on any atom is -0.267 e. The number of anilines is 1. The van der Waals surface area contributed by atoms with Gasteiger partial charge in [0.15, 0.2) is 0 Å². The van der Waals surface area contributed by atoms with Crippen molar-refractivity contribution in [1.82, 2.24) is 9.29 Å². The molecule has 1 unspecified atom stereocenters. The van der Waals surface area contributed by atoms with E-state index in [1.165, 1.54) is 28.5 Å². The number of hydrazone groups is 1. The molecule has 0 radical (unpaired) electrons. The van der Waals surface area contributed by atoms with Crippen LogP contribution in [0.3, 0.4) is 0 Å². The summed E-state index contributed by atoms with van der Waals surface area (Å²) >= 11 is 1.38. The number of fused-ring (bicyclic) bond motifs is 1. The largest absolute Gasteiger partial charge is 0.280 e. The summed E-state index contributed by atoms with van der Waals surface area (Å²) in [5, 5.41) is 6.25. The second-order valence-electron chi connectivity index (χ2n) is 9.72. The summed E-state index contributed by atoms with van der Waals surface area (Å²) in [5.74, 6) is -0.389. The third kappa shape index (κ3) is 5.41. The summed E-state index contributed by atoms with van der Waals surface area (Å²) in [5.41, 5.74) is 4.20. The fourth-order valence-electron chi connectivity index (χ4n) is 4.53. The first-order chi connectivity index (χ1) is 18.2. The Bertz CT molecular complexity index is 1590. The van der Waals surface area contributed by atoms with Gasteiger partial charge in [-0.25, -0.2) is 13.4 Å². The molecule has 0 aliphatic carbocycles. The number of thiazole rings is 1. The highest BCUT2D eigenvalue weighted by Crippen LogP contribution is 2.31. The van der Waals surface area contributed by atoms with E-state index in [0.717, 1.165) is 46.2 Å². The lowest BCUT2D eigenvalue weighted by molar-refractivity contribution is 0.0987. The minimum atomic E-state index is -3.63. The predicted octanol–water partition coefficient (Wildman–Crippen LogP) is 6.16. The van der Waals surface area contributed by atoms with Crippen LogP contribution in [0.15, 0.2) is 76.7 Å². The molecule has 7 nitrogen and oxygen atoms in total. The molecule has 2 heterocycles. The number of piperidine rings is 1. The van der Waals surface area contributed by atoms with E-state index in [4.69, 9.17) is 0 Å². The van der Waals surface area contributed by atoms with E-state index < -0.39 is 10.0 Å². The van der Waals surface area contributed by atoms with Crippen molar-refractivity contribution in [2.75, 3.05) is 11.6 Å². The molecule has 0 spiro atoms. The van der Waals surface area contributed by atoms with E-state index in [1.54, 1.807) is 22.7 Å². The second-order valence-corrected chi connectivity index (χ2v) is 12.6. The van der Waals surface area contributed by atoms with Crippen molar-refractivity contribution in [3.05, 3.63) is 89.0 Å². The number of sulfonamides is 1. The lowest BCUT2D eigenvalue weighted by Crippen LogP contribution is -2.41. The maximum absolute atomic E-state index is 13.7. The lowest BCUT2D eigenvalue weighted by Gasteiger charge is -2.32. The summed E-state index contributed by atoms with van der Waals surface area (Å²) in [7, 11) is -3.63. The molecule has 1 aliphatic heterocycles. The van der Waals surface area contributed by atoms with Gasteiger partial charge in [0.2, 0.25) is 15.2 Å². The summed E-state index contributed by atoms with van der Waals surface area (Å²) in [6.45, 7) is 6.48. The van der Waals surface area contributed by atoms with Crippen molar-refractivity contribution in [3.8, 4) is 0 Å². The molecule has 196 valence electrons. The van der Waals surface area contributed by atoms with Crippen molar-refractivity contribution in [2.24, 2.45) is 5.10 Å². The Morgan fingerprint density at radius 3 is 2.45 bits per heavy atom. The summed E-state index contributed by atoms with van der Waals surface area (Å²) in [6, 6.07) is 19.9. The van der Waals surface area contributed by atoms with Crippen LogP contribution in [0.4, 0.5) is 5.13 Å². The molecule has 1 aromatic heterocycles. The van der Waals surface area contributed by atoms with Gasteiger partial charge in [-0.05, 0) is 81.1 Å². The number of aromatic nitrogens is 1. The Morgan fingerprint density at radius 2 is 1.74 bits per heavy atom. The molecule has 1 saturated heterocycles. The van der Waals surface area contributed by atoms with Crippen LogP contribution in [-0.2, 0) is 10.0 Å². The van der Waals surface area contributed by atoms with Crippen LogP contribution >= 0.6 is 11.3 Å². The predicted molar refractivity (Wildman–Crippen MR) is 154 cm³/mol. The molecule has 0 bridgehead atoms. The summed E-state index contributed by atoms with van der Waals surface area (Å²) < 4.78 is 29.0. The second kappa shape index (κ2) is 10.8. The number of hydrogen-bond acceptors (Lipinski definition) is 6. The maximum atomic E-state index is 13.7. The van der Waals surface area contributed by atoms with Gasteiger partial charge < -0.3 is 0 Å². The first kappa shape index (κ1) is 26.2. The van der Waals surface area contributed by atoms with Gasteiger partial charge in [-0.3, -0.25) is 4.79 Å². The lowest BCUT2D eigenvalue weighted by atomic mass is 10.1. The average Bonchev–Trinajstić information content (AvgIpc) is 3.32. The van der Waals surface area contributed by atoms with E-state index in [-0.39, 0.29) is 16.8 Å². The maximum Gasteiger partial charge on any atom is 0.280 e. The molecule has 1 fully saturated rings. The van der Waals surface area contributed by atoms with E-state index in [1.807, 2.05) is 63.2 Å². The van der Waals surface area contributed by atoms with Gasteiger partial charge in [0.05, 0.1) is 21.3 Å². The molecule has 9 heteroatoms. The number of aryl methyl sites for hydroxylation is 2. The van der Waals surface area contributed by atoms with Crippen molar-refractivity contribution in [3.63, 3.8) is 0 Å². The molecule has 3 aromatic carbocycles. The van der Waals surface area contributed by atoms with Crippen molar-refractivity contribution >= 4 is 48.8 Å². The zero-order valence-corrected chi connectivity index (χ0v) is 23.3. The van der Waals surface area contributed by atoms with Gasteiger partial charge in [0.25, 0.3) is 5.91 Å². The third-order valence-corrected chi connectivity index (χ3v) is 9.78. The van der Waals surface area contributed by atoms with Crippen molar-refractivity contribution in [1.29, 1.82) is 0 Å². The molecule has 1 aliphatic rings. The fraction of sp³-hybridized carbons (Fsp3) is 0.276. The normalized spacial score (nSPS) is 16.8. The topological polar surface area (TPSA) is 82.9 Å². The Hall–Kier alpha value is -3.40. The number of amides is 1. The highest BCUT2D eigenvalue weighted by atomic mass is 32.2. The number of nitrogens with zero attached hydrogens (tertiary/aromatic N) is 4. The molecule has 4 aromatic rings. The molecule has 5 rings (SSSR count). The van der Waals surface area contributed by atoms with Gasteiger partial charge in [-0.2, -0.15) is 14.4 Å². The third-order valence-electron chi connectivity index (χ3n) is 6.76. The van der Waals surface area contributed by atoms with Crippen LogP contribution in [0.2, 0.25) is 0 Å². The van der Waals surface area contributed by atoms with Gasteiger partial charge in [0.1, 0.15) is 0 Å². The molecular formula is C29H30N4O3S2. The van der Waals surface area contributed by atoms with Crippen LogP contribution in [-0.4, -0.2) is 42.4 Å². The summed E-state index contributed by atoms with van der Waals surface area (Å²) in [6.07, 6.45) is 4.37. The Balaban J connectivity index is 1.48. The number of rotatable bonds is 6. The van der Waals surface area contributed by atoms with Gasteiger partial charge in [-0.1, -0.05) is 53.7 Å². The van der Waals surface area contributed by atoms with Crippen LogP contribution in [0.25, 0.3) is 10.2 Å². The Labute approximate surface area is 227 Å². The molecule has 38 heavy (non-hydrogen) atoms. The quantitative estimate of drug-likeness (QED) is 0.214. The Morgan fingerprint density at radius 1 is 1.03 bits per heavy atom. The van der Waals surface area contributed by atoms with Gasteiger partial charge in [0, 0.05) is 18.2 Å². The van der Waals surface area contributed by atoms with E-state index in [9.17, 15) is 13.2 Å². The van der Waals surface area contributed by atoms with E-state index >= 15 is 0 Å². The minimum absolute atomic E-state index is 0.0377. The van der Waals surface area contributed by atoms with Crippen molar-refractivity contribution in [2.45, 2.75) is 51.0 Å². The highest BCUT2D eigenvalue weighted by Gasteiger charge is 2.31. The van der Waals surface area contributed by atoms with Crippen LogP contribution in [0.5, 0.6) is 0 Å². The van der Waals surface area contributed by atoms with Gasteiger partial charge >= 0.3 is 0 Å². The molecule has 1 amide bonds.